The molecule has 2 rings (SSSR count). The Labute approximate surface area is 113 Å². The molecule has 0 radical (unpaired) electrons. The Morgan fingerprint density at radius 3 is 2.83 bits per heavy atom. The molecular weight excluding hydrogens is 248 g/mol. The predicted molar refractivity (Wildman–Crippen MR) is 72.8 cm³/mol. The van der Waals surface area contributed by atoms with Crippen molar-refractivity contribution in [2.24, 2.45) is 5.92 Å². The third-order valence-corrected chi connectivity index (χ3v) is 3.91. The number of amides is 1. The van der Waals surface area contributed by atoms with Crippen LogP contribution in [-0.4, -0.2) is 29.4 Å². The van der Waals surface area contributed by atoms with Gasteiger partial charge in [-0.15, -0.1) is 0 Å². The summed E-state index contributed by atoms with van der Waals surface area (Å²) in [6.45, 7) is 0.831. The van der Waals surface area contributed by atoms with Crippen molar-refractivity contribution in [1.29, 1.82) is 0 Å². The first kappa shape index (κ1) is 13.3. The standard InChI is InChI=1S/C14H19ClN2O/c1-17(10-11-5-3-2-4-6-11)14(18)12-7-8-16-9-13(12)15/h7-9,11H,2-6,10H2,1H3. The normalized spacial score (nSPS) is 16.6. The summed E-state index contributed by atoms with van der Waals surface area (Å²) in [6.07, 6.45) is 9.52. The summed E-state index contributed by atoms with van der Waals surface area (Å²) >= 11 is 6.00. The largest absolute Gasteiger partial charge is 0.341 e. The molecule has 0 bridgehead atoms. The average Bonchev–Trinajstić information content (AvgIpc) is 2.39. The number of nitrogens with zero attached hydrogens (tertiary/aromatic N) is 2. The highest BCUT2D eigenvalue weighted by molar-refractivity contribution is 6.33. The molecule has 1 amide bonds. The molecule has 98 valence electrons. The summed E-state index contributed by atoms with van der Waals surface area (Å²) in [5, 5.41) is 0.429. The number of aromatic nitrogens is 1. The molecule has 0 N–H and O–H groups in total. The van der Waals surface area contributed by atoms with Crippen LogP contribution in [0.5, 0.6) is 0 Å². The van der Waals surface area contributed by atoms with Crippen molar-refractivity contribution < 1.29 is 4.79 Å². The van der Waals surface area contributed by atoms with Gasteiger partial charge in [0.05, 0.1) is 10.6 Å². The van der Waals surface area contributed by atoms with Gasteiger partial charge in [-0.1, -0.05) is 30.9 Å². The van der Waals surface area contributed by atoms with E-state index in [9.17, 15) is 4.79 Å². The maximum absolute atomic E-state index is 12.3. The second-order valence-electron chi connectivity index (χ2n) is 5.05. The minimum absolute atomic E-state index is 0.00651. The quantitative estimate of drug-likeness (QED) is 0.840. The Kier molecular flexibility index (Phi) is 4.59. The monoisotopic (exact) mass is 266 g/mol. The SMILES string of the molecule is CN(CC1CCCCC1)C(=O)c1ccncc1Cl. The number of hydrogen-bond donors (Lipinski definition) is 0. The zero-order valence-corrected chi connectivity index (χ0v) is 11.5. The summed E-state index contributed by atoms with van der Waals surface area (Å²) in [5.41, 5.74) is 0.546. The van der Waals surface area contributed by atoms with Crippen LogP contribution in [0.3, 0.4) is 0 Å². The second kappa shape index (κ2) is 6.19. The van der Waals surface area contributed by atoms with Crippen molar-refractivity contribution in [2.75, 3.05) is 13.6 Å². The number of carbonyl (C=O) groups is 1. The Morgan fingerprint density at radius 2 is 2.17 bits per heavy atom. The topological polar surface area (TPSA) is 33.2 Å². The van der Waals surface area contributed by atoms with Crippen LogP contribution in [0.2, 0.25) is 5.02 Å². The van der Waals surface area contributed by atoms with Crippen LogP contribution in [0.25, 0.3) is 0 Å². The minimum atomic E-state index is -0.00651. The lowest BCUT2D eigenvalue weighted by Gasteiger charge is -2.27. The van der Waals surface area contributed by atoms with E-state index in [-0.39, 0.29) is 5.91 Å². The van der Waals surface area contributed by atoms with E-state index in [4.69, 9.17) is 11.6 Å². The molecule has 0 unspecified atom stereocenters. The van der Waals surface area contributed by atoms with Gasteiger partial charge in [-0.3, -0.25) is 9.78 Å². The van der Waals surface area contributed by atoms with Gasteiger partial charge in [0.15, 0.2) is 0 Å². The number of carbonyl (C=O) groups excluding carboxylic acids is 1. The lowest BCUT2D eigenvalue weighted by Crippen LogP contribution is -2.32. The molecule has 0 atom stereocenters. The molecule has 18 heavy (non-hydrogen) atoms. The van der Waals surface area contributed by atoms with Crippen LogP contribution in [0, 0.1) is 5.92 Å². The van der Waals surface area contributed by atoms with Gasteiger partial charge in [0.25, 0.3) is 5.91 Å². The highest BCUT2D eigenvalue weighted by atomic mass is 35.5. The fourth-order valence-corrected chi connectivity index (χ4v) is 2.79. The third kappa shape index (κ3) is 3.22. The maximum Gasteiger partial charge on any atom is 0.255 e. The van der Waals surface area contributed by atoms with Gasteiger partial charge in [-0.05, 0) is 24.8 Å². The Balaban J connectivity index is 1.98. The Hall–Kier alpha value is -1.09. The van der Waals surface area contributed by atoms with Gasteiger partial charge in [-0.2, -0.15) is 0 Å². The first-order valence-electron chi connectivity index (χ1n) is 6.53. The molecule has 1 aromatic heterocycles. The fraction of sp³-hybridized carbons (Fsp3) is 0.571. The van der Waals surface area contributed by atoms with E-state index in [2.05, 4.69) is 4.98 Å². The maximum atomic E-state index is 12.3. The smallest absolute Gasteiger partial charge is 0.255 e. The lowest BCUT2D eigenvalue weighted by molar-refractivity contribution is 0.0760. The molecule has 0 aromatic carbocycles. The van der Waals surface area contributed by atoms with E-state index in [1.54, 1.807) is 17.2 Å². The Bertz CT molecular complexity index is 416. The van der Waals surface area contributed by atoms with E-state index in [0.717, 1.165) is 6.54 Å². The van der Waals surface area contributed by atoms with E-state index in [1.807, 2.05) is 7.05 Å². The van der Waals surface area contributed by atoms with Crippen molar-refractivity contribution in [1.82, 2.24) is 9.88 Å². The van der Waals surface area contributed by atoms with Crippen LogP contribution in [0.1, 0.15) is 42.5 Å². The molecule has 1 aromatic rings. The second-order valence-corrected chi connectivity index (χ2v) is 5.45. The molecule has 1 fully saturated rings. The first-order valence-corrected chi connectivity index (χ1v) is 6.91. The van der Waals surface area contributed by atoms with E-state index < -0.39 is 0 Å². The molecule has 1 aliphatic rings. The summed E-state index contributed by atoms with van der Waals surface area (Å²) in [5.74, 6) is 0.640. The highest BCUT2D eigenvalue weighted by Gasteiger charge is 2.20. The number of hydrogen-bond acceptors (Lipinski definition) is 2. The van der Waals surface area contributed by atoms with Crippen LogP contribution in [0.15, 0.2) is 18.5 Å². The summed E-state index contributed by atoms with van der Waals surface area (Å²) in [4.78, 5) is 17.9. The predicted octanol–water partition coefficient (Wildman–Crippen LogP) is 3.39. The van der Waals surface area contributed by atoms with Gasteiger partial charge in [0, 0.05) is 26.0 Å². The van der Waals surface area contributed by atoms with Crippen LogP contribution in [-0.2, 0) is 0 Å². The molecule has 1 aliphatic carbocycles. The van der Waals surface area contributed by atoms with Crippen molar-refractivity contribution >= 4 is 17.5 Å². The average molecular weight is 267 g/mol. The van der Waals surface area contributed by atoms with Crippen molar-refractivity contribution in [3.05, 3.63) is 29.0 Å². The number of rotatable bonds is 3. The molecule has 1 heterocycles. The molecule has 0 spiro atoms. The van der Waals surface area contributed by atoms with Crippen LogP contribution >= 0.6 is 11.6 Å². The highest BCUT2D eigenvalue weighted by Crippen LogP contribution is 2.25. The molecule has 1 saturated carbocycles. The van der Waals surface area contributed by atoms with Crippen LogP contribution < -0.4 is 0 Å². The number of pyridine rings is 1. The number of halogens is 1. The molecular formula is C14H19ClN2O. The lowest BCUT2D eigenvalue weighted by atomic mass is 9.89. The summed E-state index contributed by atoms with van der Waals surface area (Å²) < 4.78 is 0. The van der Waals surface area contributed by atoms with Gasteiger partial charge in [0.2, 0.25) is 0 Å². The summed E-state index contributed by atoms with van der Waals surface area (Å²) in [7, 11) is 1.85. The van der Waals surface area contributed by atoms with Gasteiger partial charge < -0.3 is 4.90 Å². The van der Waals surface area contributed by atoms with E-state index >= 15 is 0 Å². The zero-order valence-electron chi connectivity index (χ0n) is 10.7. The molecule has 3 nitrogen and oxygen atoms in total. The van der Waals surface area contributed by atoms with Crippen molar-refractivity contribution in [3.8, 4) is 0 Å². The molecule has 0 saturated heterocycles. The van der Waals surface area contributed by atoms with Gasteiger partial charge in [-0.25, -0.2) is 0 Å². The van der Waals surface area contributed by atoms with E-state index in [1.165, 1.54) is 38.3 Å². The molecule has 0 aliphatic heterocycles. The Morgan fingerprint density at radius 1 is 1.44 bits per heavy atom. The van der Waals surface area contributed by atoms with Crippen molar-refractivity contribution in [3.63, 3.8) is 0 Å². The molecule has 4 heteroatoms. The van der Waals surface area contributed by atoms with Gasteiger partial charge >= 0.3 is 0 Å². The fourth-order valence-electron chi connectivity index (χ4n) is 2.59. The summed E-state index contributed by atoms with van der Waals surface area (Å²) in [6, 6.07) is 1.68. The zero-order chi connectivity index (χ0) is 13.0. The minimum Gasteiger partial charge on any atom is -0.341 e. The van der Waals surface area contributed by atoms with Crippen LogP contribution in [0.4, 0.5) is 0 Å². The third-order valence-electron chi connectivity index (χ3n) is 3.61. The van der Waals surface area contributed by atoms with Gasteiger partial charge in [0.1, 0.15) is 0 Å². The van der Waals surface area contributed by atoms with E-state index in [0.29, 0.717) is 16.5 Å². The van der Waals surface area contributed by atoms with Crippen molar-refractivity contribution in [2.45, 2.75) is 32.1 Å². The first-order chi connectivity index (χ1) is 8.68.